The van der Waals surface area contributed by atoms with Crippen LogP contribution >= 0.6 is 0 Å². The van der Waals surface area contributed by atoms with Crippen molar-refractivity contribution < 1.29 is 13.9 Å². The minimum absolute atomic E-state index is 0.434. The first-order chi connectivity index (χ1) is 6.86. The van der Waals surface area contributed by atoms with E-state index in [0.717, 1.165) is 24.5 Å². The first-order valence-corrected chi connectivity index (χ1v) is 4.71. The second-order valence-corrected chi connectivity index (χ2v) is 2.97. The third kappa shape index (κ3) is 3.91. The van der Waals surface area contributed by atoms with Gasteiger partial charge in [-0.3, -0.25) is 0 Å². The van der Waals surface area contributed by atoms with Crippen LogP contribution in [-0.2, 0) is 22.6 Å². The maximum atomic E-state index is 5.41. The first kappa shape index (κ1) is 11.2. The number of ether oxygens (including phenoxy) is 2. The van der Waals surface area contributed by atoms with Gasteiger partial charge in [-0.2, -0.15) is 0 Å². The highest BCUT2D eigenvalue weighted by atomic mass is 16.5. The molecule has 4 heteroatoms. The molecule has 0 saturated carbocycles. The molecule has 0 saturated heterocycles. The molecule has 14 heavy (non-hydrogen) atoms. The third-order valence-corrected chi connectivity index (χ3v) is 1.80. The largest absolute Gasteiger partial charge is 0.462 e. The molecular weight excluding hydrogens is 182 g/mol. The van der Waals surface area contributed by atoms with Crippen LogP contribution in [0.15, 0.2) is 16.5 Å². The molecule has 80 valence electrons. The lowest BCUT2D eigenvalue weighted by Crippen LogP contribution is -1.98. The summed E-state index contributed by atoms with van der Waals surface area (Å²) >= 11 is 0. The molecule has 1 heterocycles. The van der Waals surface area contributed by atoms with E-state index in [1.54, 1.807) is 7.11 Å². The quantitative estimate of drug-likeness (QED) is 0.672. The summed E-state index contributed by atoms with van der Waals surface area (Å²) in [6.45, 7) is 2.35. The maximum absolute atomic E-state index is 5.41. The topological polar surface area (TPSA) is 57.6 Å². The van der Waals surface area contributed by atoms with E-state index >= 15 is 0 Å². The van der Waals surface area contributed by atoms with E-state index in [1.807, 2.05) is 12.1 Å². The minimum atomic E-state index is 0.434. The van der Waals surface area contributed by atoms with Gasteiger partial charge in [0.05, 0.1) is 6.54 Å². The van der Waals surface area contributed by atoms with Gasteiger partial charge in [0.25, 0.3) is 0 Å². The van der Waals surface area contributed by atoms with Gasteiger partial charge in [0, 0.05) is 20.3 Å². The zero-order valence-corrected chi connectivity index (χ0v) is 8.49. The second-order valence-electron chi connectivity index (χ2n) is 2.97. The van der Waals surface area contributed by atoms with Gasteiger partial charge in [0.2, 0.25) is 0 Å². The van der Waals surface area contributed by atoms with E-state index < -0.39 is 0 Å². The second kappa shape index (κ2) is 6.59. The lowest BCUT2D eigenvalue weighted by atomic mass is 10.4. The lowest BCUT2D eigenvalue weighted by Gasteiger charge is -2.01. The van der Waals surface area contributed by atoms with Crippen molar-refractivity contribution in [3.8, 4) is 0 Å². The maximum Gasteiger partial charge on any atom is 0.129 e. The predicted molar refractivity (Wildman–Crippen MR) is 52.7 cm³/mol. The van der Waals surface area contributed by atoms with Crippen molar-refractivity contribution in [3.05, 3.63) is 23.7 Å². The Labute approximate surface area is 84.0 Å². The molecule has 0 aliphatic carbocycles. The van der Waals surface area contributed by atoms with Crippen molar-refractivity contribution in [1.29, 1.82) is 0 Å². The Kier molecular flexibility index (Phi) is 5.29. The Morgan fingerprint density at radius 1 is 1.29 bits per heavy atom. The molecule has 0 fully saturated rings. The zero-order chi connectivity index (χ0) is 10.2. The summed E-state index contributed by atoms with van der Waals surface area (Å²) in [6, 6.07) is 3.76. The highest BCUT2D eigenvalue weighted by Crippen LogP contribution is 2.08. The summed E-state index contributed by atoms with van der Waals surface area (Å²) in [5.41, 5.74) is 5.41. The normalized spacial score (nSPS) is 10.7. The van der Waals surface area contributed by atoms with Crippen LogP contribution in [0.1, 0.15) is 17.9 Å². The fourth-order valence-electron chi connectivity index (χ4n) is 1.09. The van der Waals surface area contributed by atoms with Crippen LogP contribution < -0.4 is 5.73 Å². The van der Waals surface area contributed by atoms with Crippen molar-refractivity contribution in [2.75, 3.05) is 20.3 Å². The molecule has 0 atom stereocenters. The molecule has 1 aromatic heterocycles. The number of hydrogen-bond donors (Lipinski definition) is 1. The van der Waals surface area contributed by atoms with Gasteiger partial charge in [-0.25, -0.2) is 0 Å². The average Bonchev–Trinajstić information content (AvgIpc) is 2.65. The Bertz CT molecular complexity index is 247. The molecular formula is C10H17NO3. The number of furan rings is 1. The number of rotatable bonds is 7. The molecule has 0 unspecified atom stereocenters. The van der Waals surface area contributed by atoms with E-state index in [0.29, 0.717) is 19.8 Å². The molecule has 0 amide bonds. The molecule has 4 nitrogen and oxygen atoms in total. The van der Waals surface area contributed by atoms with Crippen molar-refractivity contribution in [2.24, 2.45) is 5.73 Å². The third-order valence-electron chi connectivity index (χ3n) is 1.80. The van der Waals surface area contributed by atoms with Gasteiger partial charge in [0.1, 0.15) is 18.1 Å². The van der Waals surface area contributed by atoms with Crippen LogP contribution in [0.5, 0.6) is 0 Å². The van der Waals surface area contributed by atoms with E-state index in [1.165, 1.54) is 0 Å². The Balaban J connectivity index is 2.12. The van der Waals surface area contributed by atoms with Gasteiger partial charge in [-0.05, 0) is 18.6 Å². The highest BCUT2D eigenvalue weighted by Gasteiger charge is 1.99. The SMILES string of the molecule is COCCCOCc1ccc(CN)o1. The standard InChI is InChI=1S/C10H17NO3/c1-12-5-2-6-13-8-10-4-3-9(7-11)14-10/h3-4H,2,5-8,11H2,1H3. The number of methoxy groups -OCH3 is 1. The van der Waals surface area contributed by atoms with Crippen molar-refractivity contribution in [3.63, 3.8) is 0 Å². The van der Waals surface area contributed by atoms with Crippen LogP contribution in [0.25, 0.3) is 0 Å². The van der Waals surface area contributed by atoms with Crippen LogP contribution in [0.3, 0.4) is 0 Å². The molecule has 0 radical (unpaired) electrons. The Hall–Kier alpha value is -0.840. The molecule has 1 aromatic rings. The smallest absolute Gasteiger partial charge is 0.129 e. The molecule has 1 rings (SSSR count). The lowest BCUT2D eigenvalue weighted by molar-refractivity contribution is 0.0821. The van der Waals surface area contributed by atoms with Gasteiger partial charge in [-0.15, -0.1) is 0 Å². The average molecular weight is 199 g/mol. The van der Waals surface area contributed by atoms with Crippen LogP contribution in [-0.4, -0.2) is 20.3 Å². The summed E-state index contributed by atoms with van der Waals surface area (Å²) in [5, 5.41) is 0. The molecule has 0 aromatic carbocycles. The first-order valence-electron chi connectivity index (χ1n) is 4.71. The fourth-order valence-corrected chi connectivity index (χ4v) is 1.09. The van der Waals surface area contributed by atoms with Crippen molar-refractivity contribution >= 4 is 0 Å². The summed E-state index contributed by atoms with van der Waals surface area (Å²) in [7, 11) is 1.68. The van der Waals surface area contributed by atoms with E-state index in [-0.39, 0.29) is 0 Å². The predicted octanol–water partition coefficient (Wildman–Crippen LogP) is 1.29. The van der Waals surface area contributed by atoms with E-state index in [2.05, 4.69) is 0 Å². The summed E-state index contributed by atoms with van der Waals surface area (Å²) < 4.78 is 15.6. The summed E-state index contributed by atoms with van der Waals surface area (Å²) in [5.74, 6) is 1.61. The zero-order valence-electron chi connectivity index (χ0n) is 8.49. The van der Waals surface area contributed by atoms with Gasteiger partial charge >= 0.3 is 0 Å². The van der Waals surface area contributed by atoms with Crippen LogP contribution in [0, 0.1) is 0 Å². The van der Waals surface area contributed by atoms with Gasteiger partial charge < -0.3 is 19.6 Å². The van der Waals surface area contributed by atoms with E-state index in [9.17, 15) is 0 Å². The van der Waals surface area contributed by atoms with Crippen molar-refractivity contribution in [2.45, 2.75) is 19.6 Å². The van der Waals surface area contributed by atoms with Crippen molar-refractivity contribution in [1.82, 2.24) is 0 Å². The fraction of sp³-hybridized carbons (Fsp3) is 0.600. The molecule has 0 aliphatic heterocycles. The highest BCUT2D eigenvalue weighted by molar-refractivity contribution is 5.05. The van der Waals surface area contributed by atoms with Crippen LogP contribution in [0.2, 0.25) is 0 Å². The van der Waals surface area contributed by atoms with Crippen LogP contribution in [0.4, 0.5) is 0 Å². The minimum Gasteiger partial charge on any atom is -0.462 e. The monoisotopic (exact) mass is 199 g/mol. The summed E-state index contributed by atoms with van der Waals surface area (Å²) in [6.07, 6.45) is 0.904. The van der Waals surface area contributed by atoms with Gasteiger partial charge in [0.15, 0.2) is 0 Å². The molecule has 0 spiro atoms. The van der Waals surface area contributed by atoms with E-state index in [4.69, 9.17) is 19.6 Å². The Morgan fingerprint density at radius 2 is 2.07 bits per heavy atom. The molecule has 0 bridgehead atoms. The molecule has 0 aliphatic rings. The van der Waals surface area contributed by atoms with Gasteiger partial charge in [-0.1, -0.05) is 0 Å². The summed E-state index contributed by atoms with van der Waals surface area (Å²) in [4.78, 5) is 0. The number of nitrogens with two attached hydrogens (primary N) is 1. The number of hydrogen-bond acceptors (Lipinski definition) is 4. The molecule has 2 N–H and O–H groups in total. The Morgan fingerprint density at radius 3 is 2.71 bits per heavy atom.